The molecule has 5 heterocycles. The average molecular weight is 482 g/mol. The van der Waals surface area contributed by atoms with Crippen molar-refractivity contribution < 1.29 is 18.7 Å². The van der Waals surface area contributed by atoms with Crippen molar-refractivity contribution in [2.75, 3.05) is 29.1 Å². The van der Waals surface area contributed by atoms with E-state index >= 15 is 0 Å². The van der Waals surface area contributed by atoms with Gasteiger partial charge in [0.1, 0.15) is 11.9 Å². The van der Waals surface area contributed by atoms with Crippen molar-refractivity contribution in [2.24, 2.45) is 0 Å². The molecule has 0 unspecified atom stereocenters. The molecule has 3 aromatic rings. The molecule has 6 rings (SSSR count). The number of rotatable bonds is 5. The van der Waals surface area contributed by atoms with Crippen LogP contribution in [0.2, 0.25) is 0 Å². The van der Waals surface area contributed by atoms with E-state index in [0.717, 1.165) is 4.90 Å². The topological polar surface area (TPSA) is 106 Å². The summed E-state index contributed by atoms with van der Waals surface area (Å²) in [6, 6.07) is 8.20. The molecule has 1 fully saturated rings. The van der Waals surface area contributed by atoms with Crippen molar-refractivity contribution in [1.29, 1.82) is 0 Å². The number of thioether (sulfide) groups is 1. The Balaban J connectivity index is 1.12. The Morgan fingerprint density at radius 2 is 2.09 bits per heavy atom. The summed E-state index contributed by atoms with van der Waals surface area (Å²) in [6.45, 7) is 1.17. The van der Waals surface area contributed by atoms with Crippen LogP contribution in [0.5, 0.6) is 0 Å². The Hall–Kier alpha value is -3.44. The normalized spacial score (nSPS) is 21.0. The number of amides is 2. The number of pyridine rings is 2. The maximum absolute atomic E-state index is 14.6. The van der Waals surface area contributed by atoms with Gasteiger partial charge in [-0.3, -0.25) is 19.5 Å². The highest BCUT2D eigenvalue weighted by molar-refractivity contribution is 8.00. The zero-order valence-corrected chi connectivity index (χ0v) is 18.7. The molecule has 1 saturated heterocycles. The second-order valence-corrected chi connectivity index (χ2v) is 9.48. The lowest BCUT2D eigenvalue weighted by molar-refractivity contribution is -0.113. The van der Waals surface area contributed by atoms with Crippen molar-refractivity contribution in [3.05, 3.63) is 58.3 Å². The highest BCUT2D eigenvalue weighted by Crippen LogP contribution is 2.36. The number of aromatic nitrogens is 2. The van der Waals surface area contributed by atoms with E-state index < -0.39 is 11.9 Å². The van der Waals surface area contributed by atoms with Crippen LogP contribution in [0.15, 0.2) is 46.2 Å². The van der Waals surface area contributed by atoms with Crippen LogP contribution in [-0.2, 0) is 16.1 Å². The highest BCUT2D eigenvalue weighted by atomic mass is 32.2. The molecule has 3 aliphatic rings. The molecule has 0 bridgehead atoms. The second kappa shape index (κ2) is 8.10. The number of hydrogen-bond acceptors (Lipinski definition) is 7. The van der Waals surface area contributed by atoms with Gasteiger partial charge in [0.15, 0.2) is 0 Å². The number of cyclic esters (lactones) is 1. The molecule has 11 heteroatoms. The van der Waals surface area contributed by atoms with Gasteiger partial charge >= 0.3 is 6.09 Å². The number of nitrogens with zero attached hydrogens (tertiary/aromatic N) is 3. The number of carbonyl (C=O) groups excluding carboxylic acids is 2. The first-order chi connectivity index (χ1) is 16.5. The maximum Gasteiger partial charge on any atom is 0.414 e. The maximum atomic E-state index is 14.6. The number of hydrogen-bond donors (Lipinski definition) is 2. The third-order valence-corrected chi connectivity index (χ3v) is 7.42. The summed E-state index contributed by atoms with van der Waals surface area (Å²) in [6.07, 6.45) is 0.926. The molecule has 0 aliphatic carbocycles. The Morgan fingerprint density at radius 3 is 2.97 bits per heavy atom. The molecular formula is C23H20FN5O4S. The predicted octanol–water partition coefficient (Wildman–Crippen LogP) is 2.64. The lowest BCUT2D eigenvalue weighted by Gasteiger charge is -2.20. The van der Waals surface area contributed by atoms with Gasteiger partial charge in [0.05, 0.1) is 41.3 Å². The summed E-state index contributed by atoms with van der Waals surface area (Å²) >= 11 is 1.46. The molecule has 3 aliphatic heterocycles. The number of anilines is 2. The van der Waals surface area contributed by atoms with E-state index in [1.165, 1.54) is 24.0 Å². The molecule has 0 spiro atoms. The third-order valence-electron chi connectivity index (χ3n) is 6.34. The zero-order valence-electron chi connectivity index (χ0n) is 17.9. The van der Waals surface area contributed by atoms with Crippen molar-refractivity contribution in [2.45, 2.75) is 30.0 Å². The van der Waals surface area contributed by atoms with Crippen LogP contribution in [-0.4, -0.2) is 46.5 Å². The first-order valence-electron chi connectivity index (χ1n) is 10.9. The van der Waals surface area contributed by atoms with E-state index in [1.807, 2.05) is 12.1 Å². The van der Waals surface area contributed by atoms with E-state index in [4.69, 9.17) is 4.74 Å². The minimum Gasteiger partial charge on any atom is -0.444 e. The molecule has 174 valence electrons. The number of benzene rings is 1. The molecular weight excluding hydrogens is 461 g/mol. The van der Waals surface area contributed by atoms with E-state index in [-0.39, 0.29) is 23.6 Å². The number of carbonyl (C=O) groups is 2. The van der Waals surface area contributed by atoms with Crippen LogP contribution in [0.25, 0.3) is 11.0 Å². The van der Waals surface area contributed by atoms with Crippen LogP contribution in [0.3, 0.4) is 0 Å². The monoisotopic (exact) mass is 481 g/mol. The first-order valence-corrected chi connectivity index (χ1v) is 11.9. The van der Waals surface area contributed by atoms with Crippen LogP contribution in [0.1, 0.15) is 18.0 Å². The van der Waals surface area contributed by atoms with Gasteiger partial charge in [-0.2, -0.15) is 0 Å². The number of fused-ring (bicyclic) bond motifs is 1. The van der Waals surface area contributed by atoms with Gasteiger partial charge in [0.2, 0.25) is 5.91 Å². The zero-order chi connectivity index (χ0) is 23.4. The molecule has 2 aromatic heterocycles. The van der Waals surface area contributed by atoms with Gasteiger partial charge in [-0.05, 0) is 37.2 Å². The second-order valence-electron chi connectivity index (χ2n) is 8.46. The largest absolute Gasteiger partial charge is 0.444 e. The SMILES string of the molecule is O=C1CSc2ccc(N3C[C@H](CCN[C@@H]4Cn5c(=O)ccc6ncc(F)c4c65)OC3=O)cc2N1. The van der Waals surface area contributed by atoms with Gasteiger partial charge in [-0.15, -0.1) is 11.8 Å². The Labute approximate surface area is 197 Å². The predicted molar refractivity (Wildman–Crippen MR) is 125 cm³/mol. The van der Waals surface area contributed by atoms with Crippen molar-refractivity contribution in [3.63, 3.8) is 0 Å². The summed E-state index contributed by atoms with van der Waals surface area (Å²) in [7, 11) is 0. The lowest BCUT2D eigenvalue weighted by atomic mass is 10.1. The van der Waals surface area contributed by atoms with Gasteiger partial charge < -0.3 is 19.9 Å². The standard InChI is InChI=1S/C23H20FN5O4S/c24-14-8-26-15-2-4-20(31)29-10-17(21(14)22(15)29)25-6-5-13-9-28(23(32)33-13)12-1-3-18-16(7-12)27-19(30)11-34-18/h1-4,7-8,13,17,25H,5-6,9-11H2,(H,27,30)/t13-,17+/m0/s1. The van der Waals surface area contributed by atoms with E-state index in [0.29, 0.717) is 59.8 Å². The first kappa shape index (κ1) is 21.1. The fraction of sp³-hybridized carbons (Fsp3) is 0.304. The lowest BCUT2D eigenvalue weighted by Crippen LogP contribution is -2.29. The van der Waals surface area contributed by atoms with Gasteiger partial charge in [0, 0.05) is 28.8 Å². The Kier molecular flexibility index (Phi) is 5.03. The highest BCUT2D eigenvalue weighted by Gasteiger charge is 2.34. The quantitative estimate of drug-likeness (QED) is 0.577. The number of halogens is 1. The molecule has 1 aromatic carbocycles. The molecule has 34 heavy (non-hydrogen) atoms. The van der Waals surface area contributed by atoms with Crippen molar-refractivity contribution in [1.82, 2.24) is 14.9 Å². The molecule has 9 nitrogen and oxygen atoms in total. The summed E-state index contributed by atoms with van der Waals surface area (Å²) in [5, 5.41) is 6.14. The van der Waals surface area contributed by atoms with Crippen LogP contribution < -0.4 is 21.1 Å². The fourth-order valence-corrected chi connectivity index (χ4v) is 5.55. The smallest absolute Gasteiger partial charge is 0.414 e. The fourth-order valence-electron chi connectivity index (χ4n) is 4.76. The van der Waals surface area contributed by atoms with Crippen LogP contribution in [0, 0.1) is 5.82 Å². The summed E-state index contributed by atoms with van der Waals surface area (Å²) < 4.78 is 21.7. The minimum atomic E-state index is -0.446. The molecule has 0 saturated carbocycles. The number of ether oxygens (including phenoxy) is 1. The van der Waals surface area contributed by atoms with Crippen molar-refractivity contribution in [3.8, 4) is 0 Å². The summed E-state index contributed by atoms with van der Waals surface area (Å²) in [5.41, 5.74) is 2.72. The average Bonchev–Trinajstić information content (AvgIpc) is 3.39. The molecule has 2 amide bonds. The van der Waals surface area contributed by atoms with E-state index in [1.54, 1.807) is 21.6 Å². The van der Waals surface area contributed by atoms with E-state index in [2.05, 4.69) is 15.6 Å². The Morgan fingerprint density at radius 1 is 1.21 bits per heavy atom. The van der Waals surface area contributed by atoms with Gasteiger partial charge in [0.25, 0.3) is 5.56 Å². The minimum absolute atomic E-state index is 0.0677. The summed E-state index contributed by atoms with van der Waals surface area (Å²) in [4.78, 5) is 43.0. The van der Waals surface area contributed by atoms with Gasteiger partial charge in [-0.1, -0.05) is 0 Å². The summed E-state index contributed by atoms with van der Waals surface area (Å²) in [5.74, 6) is -0.136. The molecule has 2 N–H and O–H groups in total. The molecule has 2 atom stereocenters. The Bertz CT molecular complexity index is 1410. The van der Waals surface area contributed by atoms with Crippen molar-refractivity contribution >= 4 is 46.2 Å². The number of nitrogens with one attached hydrogen (secondary N) is 2. The third kappa shape index (κ3) is 3.51. The van der Waals surface area contributed by atoms with E-state index in [9.17, 15) is 18.8 Å². The van der Waals surface area contributed by atoms with Crippen LogP contribution in [0.4, 0.5) is 20.6 Å². The van der Waals surface area contributed by atoms with Gasteiger partial charge in [-0.25, -0.2) is 9.18 Å². The van der Waals surface area contributed by atoms with Crippen LogP contribution >= 0.6 is 11.8 Å². The molecule has 0 radical (unpaired) electrons.